The molecule has 3 aromatic rings. The van der Waals surface area contributed by atoms with Gasteiger partial charge in [-0.15, -0.1) is 0 Å². The fourth-order valence-corrected chi connectivity index (χ4v) is 5.53. The lowest BCUT2D eigenvalue weighted by Gasteiger charge is -2.24. The number of benzene rings is 3. The third kappa shape index (κ3) is 3.05. The van der Waals surface area contributed by atoms with Crippen molar-refractivity contribution >= 4 is 17.5 Å². The molecule has 4 nitrogen and oxygen atoms in total. The molecule has 2 aliphatic carbocycles. The number of nitrogens with zero attached hydrogens (tertiary/aromatic N) is 1. The van der Waals surface area contributed by atoms with Crippen LogP contribution in [0.2, 0.25) is 0 Å². The predicted octanol–water partition coefficient (Wildman–Crippen LogP) is 4.21. The van der Waals surface area contributed by atoms with Crippen LogP contribution in [0.4, 0.5) is 5.69 Å². The molecule has 0 aromatic heterocycles. The van der Waals surface area contributed by atoms with E-state index in [4.69, 9.17) is 0 Å². The second kappa shape index (κ2) is 7.09. The monoisotopic (exact) mass is 408 g/mol. The van der Waals surface area contributed by atoms with E-state index in [1.54, 1.807) is 0 Å². The first-order chi connectivity index (χ1) is 15.2. The molecule has 3 aromatic carbocycles. The summed E-state index contributed by atoms with van der Waals surface area (Å²) in [5.41, 5.74) is 8.43. The molecule has 1 atom stereocenters. The summed E-state index contributed by atoms with van der Waals surface area (Å²) in [5, 5.41) is 3.15. The summed E-state index contributed by atoms with van der Waals surface area (Å²) in [5.74, 6) is -0.241. The molecule has 0 spiro atoms. The lowest BCUT2D eigenvalue weighted by molar-refractivity contribution is -0.129. The van der Waals surface area contributed by atoms with Gasteiger partial charge < -0.3 is 10.2 Å². The van der Waals surface area contributed by atoms with E-state index in [1.807, 2.05) is 17.0 Å². The summed E-state index contributed by atoms with van der Waals surface area (Å²) in [4.78, 5) is 27.8. The topological polar surface area (TPSA) is 49.4 Å². The van der Waals surface area contributed by atoms with Gasteiger partial charge in [0.05, 0.1) is 5.92 Å². The average Bonchev–Trinajstić information content (AvgIpc) is 3.48. The van der Waals surface area contributed by atoms with Crippen molar-refractivity contribution in [1.82, 2.24) is 4.90 Å². The molecule has 1 heterocycles. The van der Waals surface area contributed by atoms with Crippen molar-refractivity contribution in [3.05, 3.63) is 89.0 Å². The minimum Gasteiger partial charge on any atom is -0.338 e. The normalized spacial score (nSPS) is 19.3. The number of fused-ring (bicyclic) bond motifs is 4. The van der Waals surface area contributed by atoms with Gasteiger partial charge in [-0.05, 0) is 52.3 Å². The summed E-state index contributed by atoms with van der Waals surface area (Å²) in [6.07, 6.45) is 2.91. The van der Waals surface area contributed by atoms with Gasteiger partial charge in [0.25, 0.3) is 0 Å². The number of carbonyl (C=O) groups is 2. The van der Waals surface area contributed by atoms with Crippen molar-refractivity contribution in [2.75, 3.05) is 11.9 Å². The Labute approximate surface area is 181 Å². The van der Waals surface area contributed by atoms with E-state index in [0.29, 0.717) is 13.0 Å². The summed E-state index contributed by atoms with van der Waals surface area (Å²) in [6.45, 7) is 0.512. The van der Waals surface area contributed by atoms with Crippen LogP contribution in [0.25, 0.3) is 11.1 Å². The van der Waals surface area contributed by atoms with Crippen molar-refractivity contribution in [3.8, 4) is 11.1 Å². The lowest BCUT2D eigenvalue weighted by atomic mass is 10.0. The zero-order valence-electron chi connectivity index (χ0n) is 17.3. The highest BCUT2D eigenvalue weighted by atomic mass is 16.2. The van der Waals surface area contributed by atoms with E-state index >= 15 is 0 Å². The minimum atomic E-state index is -0.296. The van der Waals surface area contributed by atoms with Crippen LogP contribution in [0.15, 0.2) is 66.7 Å². The number of anilines is 1. The molecule has 1 saturated heterocycles. The molecule has 0 bridgehead atoms. The first kappa shape index (κ1) is 18.4. The predicted molar refractivity (Wildman–Crippen MR) is 121 cm³/mol. The Hall–Kier alpha value is -3.40. The van der Waals surface area contributed by atoms with Gasteiger partial charge >= 0.3 is 0 Å². The number of amides is 2. The summed E-state index contributed by atoms with van der Waals surface area (Å²) in [6, 6.07) is 23.1. The van der Waals surface area contributed by atoms with Crippen LogP contribution in [0.3, 0.4) is 0 Å². The molecule has 0 saturated carbocycles. The van der Waals surface area contributed by atoms with Gasteiger partial charge in [0.2, 0.25) is 11.8 Å². The van der Waals surface area contributed by atoms with Crippen molar-refractivity contribution in [2.24, 2.45) is 5.92 Å². The molecular formula is C27H24N2O2. The summed E-state index contributed by atoms with van der Waals surface area (Å²) < 4.78 is 0. The molecule has 6 rings (SSSR count). The molecule has 31 heavy (non-hydrogen) atoms. The van der Waals surface area contributed by atoms with Gasteiger partial charge in [-0.2, -0.15) is 0 Å². The second-order valence-corrected chi connectivity index (χ2v) is 8.93. The van der Waals surface area contributed by atoms with Crippen LogP contribution in [-0.2, 0) is 28.9 Å². The Morgan fingerprint density at radius 3 is 2.26 bits per heavy atom. The SMILES string of the molecule is O=C(Nc1cccc2c1Cc1ccccc1-2)C1CC(=O)N(C2Cc3ccccc3C2)C1. The number of nitrogens with one attached hydrogen (secondary N) is 1. The van der Waals surface area contributed by atoms with Gasteiger partial charge in [0, 0.05) is 31.1 Å². The fraction of sp³-hybridized carbons (Fsp3) is 0.259. The number of carbonyl (C=O) groups excluding carboxylic acids is 2. The van der Waals surface area contributed by atoms with E-state index in [1.165, 1.54) is 33.4 Å². The molecular weight excluding hydrogens is 384 g/mol. The van der Waals surface area contributed by atoms with Crippen molar-refractivity contribution in [3.63, 3.8) is 0 Å². The lowest BCUT2D eigenvalue weighted by Crippen LogP contribution is -2.38. The van der Waals surface area contributed by atoms with E-state index < -0.39 is 0 Å². The van der Waals surface area contributed by atoms with E-state index in [9.17, 15) is 9.59 Å². The Morgan fingerprint density at radius 1 is 0.806 bits per heavy atom. The molecule has 0 radical (unpaired) electrons. The molecule has 1 fully saturated rings. The molecule has 154 valence electrons. The van der Waals surface area contributed by atoms with Crippen LogP contribution in [0.1, 0.15) is 28.7 Å². The average molecular weight is 409 g/mol. The van der Waals surface area contributed by atoms with Crippen LogP contribution in [-0.4, -0.2) is 29.3 Å². The van der Waals surface area contributed by atoms with E-state index in [-0.39, 0.29) is 23.8 Å². The third-order valence-electron chi connectivity index (χ3n) is 7.11. The van der Waals surface area contributed by atoms with Crippen LogP contribution in [0.5, 0.6) is 0 Å². The highest BCUT2D eigenvalue weighted by molar-refractivity contribution is 5.99. The zero-order valence-corrected chi connectivity index (χ0v) is 17.3. The molecule has 1 aliphatic heterocycles. The quantitative estimate of drug-likeness (QED) is 0.552. The Balaban J connectivity index is 1.17. The van der Waals surface area contributed by atoms with Gasteiger partial charge in [-0.25, -0.2) is 0 Å². The maximum Gasteiger partial charge on any atom is 0.229 e. The van der Waals surface area contributed by atoms with Crippen molar-refractivity contribution in [1.29, 1.82) is 0 Å². The van der Waals surface area contributed by atoms with Gasteiger partial charge in [0.1, 0.15) is 0 Å². The molecule has 1 unspecified atom stereocenters. The maximum atomic E-state index is 13.1. The molecule has 3 aliphatic rings. The fourth-order valence-electron chi connectivity index (χ4n) is 5.53. The third-order valence-corrected chi connectivity index (χ3v) is 7.11. The number of likely N-dealkylation sites (tertiary alicyclic amines) is 1. The number of hydrogen-bond acceptors (Lipinski definition) is 2. The molecule has 2 amide bonds. The van der Waals surface area contributed by atoms with E-state index in [2.05, 4.69) is 59.9 Å². The highest BCUT2D eigenvalue weighted by Crippen LogP contribution is 2.40. The standard InChI is InChI=1S/C27H24N2O2/c30-26-15-20(16-29(26)21-12-17-6-1-2-7-18(17)13-21)27(31)28-25-11-5-10-23-22-9-4-3-8-19(22)14-24(23)25/h1-11,20-21H,12-16H2,(H,28,31). The molecule has 4 heteroatoms. The smallest absolute Gasteiger partial charge is 0.229 e. The highest BCUT2D eigenvalue weighted by Gasteiger charge is 2.40. The Morgan fingerprint density at radius 2 is 1.48 bits per heavy atom. The minimum absolute atomic E-state index is 0.0456. The van der Waals surface area contributed by atoms with Gasteiger partial charge in [-0.3, -0.25) is 9.59 Å². The van der Waals surface area contributed by atoms with Gasteiger partial charge in [0.15, 0.2) is 0 Å². The number of hydrogen-bond donors (Lipinski definition) is 1. The first-order valence-electron chi connectivity index (χ1n) is 11.0. The molecule has 1 N–H and O–H groups in total. The van der Waals surface area contributed by atoms with Gasteiger partial charge in [-0.1, -0.05) is 60.7 Å². The largest absolute Gasteiger partial charge is 0.338 e. The van der Waals surface area contributed by atoms with Crippen LogP contribution >= 0.6 is 0 Å². The van der Waals surface area contributed by atoms with Crippen molar-refractivity contribution < 1.29 is 9.59 Å². The summed E-state index contributed by atoms with van der Waals surface area (Å²) in [7, 11) is 0. The second-order valence-electron chi connectivity index (χ2n) is 8.93. The maximum absolute atomic E-state index is 13.1. The van der Waals surface area contributed by atoms with Crippen LogP contribution in [0, 0.1) is 5.92 Å². The Kier molecular flexibility index (Phi) is 4.20. The first-order valence-corrected chi connectivity index (χ1v) is 11.0. The number of rotatable bonds is 3. The zero-order chi connectivity index (χ0) is 20.9. The van der Waals surface area contributed by atoms with Crippen molar-refractivity contribution in [2.45, 2.75) is 31.7 Å². The van der Waals surface area contributed by atoms with E-state index in [0.717, 1.165) is 24.9 Å². The van der Waals surface area contributed by atoms with Crippen LogP contribution < -0.4 is 5.32 Å². The summed E-state index contributed by atoms with van der Waals surface area (Å²) >= 11 is 0. The Bertz CT molecular complexity index is 1190.